The maximum atomic E-state index is 11.9. The zero-order chi connectivity index (χ0) is 15.1. The summed E-state index contributed by atoms with van der Waals surface area (Å²) in [5.41, 5.74) is 6.58. The fourth-order valence-electron chi connectivity index (χ4n) is 1.69. The van der Waals surface area contributed by atoms with Crippen LogP contribution in [0, 0.1) is 0 Å². The summed E-state index contributed by atoms with van der Waals surface area (Å²) < 4.78 is 0. The zero-order valence-corrected chi connectivity index (χ0v) is 10.7. The van der Waals surface area contributed by atoms with Crippen LogP contribution in [-0.2, 0) is 14.4 Å². The number of carbonyl (C=O) groups is 3. The first-order chi connectivity index (χ1) is 9.40. The van der Waals surface area contributed by atoms with Gasteiger partial charge in [0.2, 0.25) is 5.91 Å². The Morgan fingerprint density at radius 1 is 1.05 bits per heavy atom. The summed E-state index contributed by atoms with van der Waals surface area (Å²) in [5, 5.41) is 17.4. The first-order valence-corrected chi connectivity index (χ1v) is 5.92. The second-order valence-electron chi connectivity index (χ2n) is 4.26. The maximum absolute atomic E-state index is 11.9. The second kappa shape index (κ2) is 7.25. The standard InChI is InChI=1S/C13H16N2O5/c14-10(9-4-2-1-3-5-9)6-11(16)15(7-12(17)18)8-13(19)20/h1-5,10H,6-8,14H2,(H,17,18)(H,19,20). The van der Waals surface area contributed by atoms with E-state index in [2.05, 4.69) is 0 Å². The van der Waals surface area contributed by atoms with Gasteiger partial charge >= 0.3 is 11.9 Å². The van der Waals surface area contributed by atoms with Gasteiger partial charge in [-0.1, -0.05) is 30.3 Å². The van der Waals surface area contributed by atoms with E-state index in [9.17, 15) is 14.4 Å². The van der Waals surface area contributed by atoms with E-state index in [0.717, 1.165) is 10.5 Å². The van der Waals surface area contributed by atoms with Crippen molar-refractivity contribution in [1.82, 2.24) is 4.90 Å². The summed E-state index contributed by atoms with van der Waals surface area (Å²) in [7, 11) is 0. The number of carboxylic acid groups (broad SMARTS) is 2. The summed E-state index contributed by atoms with van der Waals surface area (Å²) >= 11 is 0. The van der Waals surface area contributed by atoms with Crippen LogP contribution in [0.5, 0.6) is 0 Å². The third-order valence-electron chi connectivity index (χ3n) is 2.63. The number of aliphatic carboxylic acids is 2. The number of nitrogens with two attached hydrogens (primary N) is 1. The van der Waals surface area contributed by atoms with E-state index in [0.29, 0.717) is 0 Å². The molecule has 1 aromatic rings. The van der Waals surface area contributed by atoms with Crippen LogP contribution in [0.3, 0.4) is 0 Å². The number of amides is 1. The quantitative estimate of drug-likeness (QED) is 0.650. The minimum atomic E-state index is -1.27. The number of benzene rings is 1. The van der Waals surface area contributed by atoms with Gasteiger partial charge in [-0.3, -0.25) is 14.4 Å². The van der Waals surface area contributed by atoms with E-state index in [1.165, 1.54) is 0 Å². The molecular formula is C13H16N2O5. The topological polar surface area (TPSA) is 121 Å². The highest BCUT2D eigenvalue weighted by Crippen LogP contribution is 2.14. The largest absolute Gasteiger partial charge is 0.480 e. The normalized spacial score (nSPS) is 11.7. The molecule has 4 N–H and O–H groups in total. The number of rotatable bonds is 7. The first-order valence-electron chi connectivity index (χ1n) is 5.92. The van der Waals surface area contributed by atoms with E-state index in [1.54, 1.807) is 30.3 Å². The SMILES string of the molecule is NC(CC(=O)N(CC(=O)O)CC(=O)O)c1ccccc1. The van der Waals surface area contributed by atoms with Crippen LogP contribution in [0.2, 0.25) is 0 Å². The molecule has 20 heavy (non-hydrogen) atoms. The van der Waals surface area contributed by atoms with E-state index in [4.69, 9.17) is 15.9 Å². The predicted molar refractivity (Wildman–Crippen MR) is 69.8 cm³/mol. The molecule has 0 aliphatic rings. The molecule has 1 atom stereocenters. The van der Waals surface area contributed by atoms with E-state index in [1.807, 2.05) is 0 Å². The number of nitrogens with zero attached hydrogens (tertiary/aromatic N) is 1. The Hall–Kier alpha value is -2.41. The lowest BCUT2D eigenvalue weighted by molar-refractivity contribution is -0.149. The Labute approximate surface area is 115 Å². The second-order valence-corrected chi connectivity index (χ2v) is 4.26. The first kappa shape index (κ1) is 15.6. The molecule has 1 amide bonds. The average molecular weight is 280 g/mol. The number of carbonyl (C=O) groups excluding carboxylic acids is 1. The molecule has 0 radical (unpaired) electrons. The molecule has 0 spiro atoms. The van der Waals surface area contributed by atoms with Gasteiger partial charge in [-0.25, -0.2) is 0 Å². The van der Waals surface area contributed by atoms with Crippen LogP contribution in [0.15, 0.2) is 30.3 Å². The fraction of sp³-hybridized carbons (Fsp3) is 0.308. The minimum Gasteiger partial charge on any atom is -0.480 e. The highest BCUT2D eigenvalue weighted by atomic mass is 16.4. The molecule has 1 rings (SSSR count). The molecule has 0 saturated carbocycles. The lowest BCUT2D eigenvalue weighted by Gasteiger charge is -2.20. The molecule has 7 nitrogen and oxygen atoms in total. The van der Waals surface area contributed by atoms with Crippen LogP contribution in [0.25, 0.3) is 0 Å². The van der Waals surface area contributed by atoms with Gasteiger partial charge in [0.1, 0.15) is 13.1 Å². The molecule has 0 aliphatic heterocycles. The third-order valence-corrected chi connectivity index (χ3v) is 2.63. The van der Waals surface area contributed by atoms with Gasteiger partial charge in [0.25, 0.3) is 0 Å². The molecule has 0 fully saturated rings. The van der Waals surface area contributed by atoms with Crippen molar-refractivity contribution in [2.75, 3.05) is 13.1 Å². The Balaban J connectivity index is 2.70. The monoisotopic (exact) mass is 280 g/mol. The zero-order valence-electron chi connectivity index (χ0n) is 10.7. The van der Waals surface area contributed by atoms with Crippen molar-refractivity contribution in [1.29, 1.82) is 0 Å². The molecule has 1 aromatic carbocycles. The molecule has 0 saturated heterocycles. The molecule has 108 valence electrons. The van der Waals surface area contributed by atoms with Crippen LogP contribution in [-0.4, -0.2) is 46.0 Å². The lowest BCUT2D eigenvalue weighted by atomic mass is 10.0. The Kier molecular flexibility index (Phi) is 5.67. The van der Waals surface area contributed by atoms with Gasteiger partial charge in [-0.15, -0.1) is 0 Å². The highest BCUT2D eigenvalue weighted by molar-refractivity contribution is 5.85. The summed E-state index contributed by atoms with van der Waals surface area (Å²) in [5.74, 6) is -3.15. The smallest absolute Gasteiger partial charge is 0.323 e. The van der Waals surface area contributed by atoms with Crippen molar-refractivity contribution in [3.8, 4) is 0 Å². The van der Waals surface area contributed by atoms with Crippen LogP contribution in [0.1, 0.15) is 18.0 Å². The van der Waals surface area contributed by atoms with E-state index >= 15 is 0 Å². The van der Waals surface area contributed by atoms with Gasteiger partial charge in [0.05, 0.1) is 0 Å². The van der Waals surface area contributed by atoms with Crippen molar-refractivity contribution < 1.29 is 24.6 Å². The fourth-order valence-corrected chi connectivity index (χ4v) is 1.69. The summed E-state index contributed by atoms with van der Waals surface area (Å²) in [6.07, 6.45) is -0.148. The van der Waals surface area contributed by atoms with Crippen molar-refractivity contribution in [3.63, 3.8) is 0 Å². The Morgan fingerprint density at radius 3 is 2.00 bits per heavy atom. The van der Waals surface area contributed by atoms with Crippen LogP contribution in [0.4, 0.5) is 0 Å². The third kappa shape index (κ3) is 5.07. The molecule has 0 aliphatic carbocycles. The van der Waals surface area contributed by atoms with Gasteiger partial charge in [0.15, 0.2) is 0 Å². The molecular weight excluding hydrogens is 264 g/mol. The molecule has 0 bridgehead atoms. The van der Waals surface area contributed by atoms with Crippen molar-refractivity contribution >= 4 is 17.8 Å². The summed E-state index contributed by atoms with van der Waals surface area (Å²) in [6, 6.07) is 8.23. The summed E-state index contributed by atoms with van der Waals surface area (Å²) in [6.45, 7) is -1.32. The molecule has 0 heterocycles. The number of hydrogen-bond donors (Lipinski definition) is 3. The van der Waals surface area contributed by atoms with Crippen molar-refractivity contribution in [3.05, 3.63) is 35.9 Å². The van der Waals surface area contributed by atoms with Crippen molar-refractivity contribution in [2.24, 2.45) is 5.73 Å². The molecule has 7 heteroatoms. The highest BCUT2D eigenvalue weighted by Gasteiger charge is 2.22. The Bertz CT molecular complexity index is 473. The Morgan fingerprint density at radius 2 is 1.55 bits per heavy atom. The molecule has 0 aromatic heterocycles. The van der Waals surface area contributed by atoms with Gasteiger partial charge < -0.3 is 20.8 Å². The number of carboxylic acids is 2. The maximum Gasteiger partial charge on any atom is 0.323 e. The minimum absolute atomic E-state index is 0.148. The number of hydrogen-bond acceptors (Lipinski definition) is 4. The van der Waals surface area contributed by atoms with Gasteiger partial charge in [-0.2, -0.15) is 0 Å². The lowest BCUT2D eigenvalue weighted by Crippen LogP contribution is -2.40. The molecule has 1 unspecified atom stereocenters. The van der Waals surface area contributed by atoms with Crippen LogP contribution >= 0.6 is 0 Å². The van der Waals surface area contributed by atoms with Gasteiger partial charge in [0, 0.05) is 12.5 Å². The average Bonchev–Trinajstić information content (AvgIpc) is 2.37. The van der Waals surface area contributed by atoms with Crippen LogP contribution < -0.4 is 5.73 Å². The van der Waals surface area contributed by atoms with Crippen molar-refractivity contribution in [2.45, 2.75) is 12.5 Å². The van der Waals surface area contributed by atoms with E-state index < -0.39 is 37.0 Å². The van der Waals surface area contributed by atoms with Gasteiger partial charge in [-0.05, 0) is 5.56 Å². The predicted octanol–water partition coefficient (Wildman–Crippen LogP) is 0.0743. The summed E-state index contributed by atoms with van der Waals surface area (Å²) in [4.78, 5) is 33.9. The van der Waals surface area contributed by atoms with E-state index in [-0.39, 0.29) is 6.42 Å².